The van der Waals surface area contributed by atoms with E-state index in [0.29, 0.717) is 0 Å². The monoisotopic (exact) mass is 148 g/mol. The second kappa shape index (κ2) is 5.79. The molecule has 0 heterocycles. The Morgan fingerprint density at radius 3 is 2.38 bits per heavy atom. The second-order valence-electron chi connectivity index (χ2n) is 1.21. The molecule has 0 aromatic carbocycles. The Bertz CT molecular complexity index is 83.7. The number of carboxylic acids is 1. The maximum atomic E-state index is 11.7. The van der Waals surface area contributed by atoms with E-state index in [9.17, 15) is 9.18 Å². The summed E-state index contributed by atoms with van der Waals surface area (Å²) in [5, 5.41) is 7.81. The van der Waals surface area contributed by atoms with Gasteiger partial charge in [0.25, 0.3) is 0 Å². The van der Waals surface area contributed by atoms with E-state index in [0.717, 1.165) is 0 Å². The predicted octanol–water partition coefficient (Wildman–Crippen LogP) is 0.663. The van der Waals surface area contributed by atoms with Gasteiger partial charge in [-0.25, -0.2) is 9.18 Å². The maximum Gasteiger partial charge on any atom is 2.00 e. The van der Waals surface area contributed by atoms with Crippen LogP contribution in [0.15, 0.2) is 0 Å². The van der Waals surface area contributed by atoms with Crippen molar-refractivity contribution in [1.29, 1.82) is 0 Å². The van der Waals surface area contributed by atoms with Crippen LogP contribution in [0.5, 0.6) is 0 Å². The van der Waals surface area contributed by atoms with Crippen molar-refractivity contribution in [3.63, 3.8) is 0 Å². The van der Waals surface area contributed by atoms with Gasteiger partial charge in [0, 0.05) is 0 Å². The average Bonchev–Trinajstić information content (AvgIpc) is 1.65. The van der Waals surface area contributed by atoms with Gasteiger partial charge < -0.3 is 7.96 Å². The minimum atomic E-state index is -1.68. The molecule has 0 spiro atoms. The zero-order valence-electron chi connectivity index (χ0n) is 6.72. The largest absolute Gasteiger partial charge is 2.00 e. The molecule has 0 saturated carbocycles. The molecule has 0 saturated heterocycles. The van der Waals surface area contributed by atoms with Crippen LogP contribution in [-0.4, -0.2) is 55.0 Å². The minimum absolute atomic E-state index is 0. The third-order valence-electron chi connectivity index (χ3n) is 0.626. The maximum absolute atomic E-state index is 11.7. The number of hydrogen-bond donors (Lipinski definition) is 1. The number of carbonyl (C=O) groups is 1. The SMILES string of the molecule is CCC(F)C(=O)O.[Ca+2].[H-].[H-]. The predicted molar refractivity (Wildman–Crippen MR) is 30.8 cm³/mol. The smallest absolute Gasteiger partial charge is 1.00 e. The number of alkyl halides is 1. The standard InChI is InChI=1S/C4H7FO2.Ca.2H/c1-2-3(5)4(6)7;;;/h3H,2H2,1H3,(H,6,7);;;/q;+2;2*-1. The summed E-state index contributed by atoms with van der Waals surface area (Å²) < 4.78 is 11.7. The van der Waals surface area contributed by atoms with Crippen LogP contribution in [0.1, 0.15) is 16.2 Å². The molecule has 46 valence electrons. The Hall–Kier alpha value is 0.660. The molecule has 0 aromatic heterocycles. The summed E-state index contributed by atoms with van der Waals surface area (Å²) in [6, 6.07) is 0. The molecule has 0 amide bonds. The molecular weight excluding hydrogens is 139 g/mol. The topological polar surface area (TPSA) is 37.3 Å². The molecule has 1 N–H and O–H groups in total. The van der Waals surface area contributed by atoms with Crippen molar-refractivity contribution >= 4 is 43.7 Å². The van der Waals surface area contributed by atoms with Crippen molar-refractivity contribution in [3.05, 3.63) is 0 Å². The van der Waals surface area contributed by atoms with Gasteiger partial charge >= 0.3 is 43.7 Å². The van der Waals surface area contributed by atoms with Crippen LogP contribution < -0.4 is 0 Å². The van der Waals surface area contributed by atoms with Gasteiger partial charge in [-0.2, -0.15) is 0 Å². The summed E-state index contributed by atoms with van der Waals surface area (Å²) in [6.45, 7) is 1.48. The van der Waals surface area contributed by atoms with Gasteiger partial charge in [0.1, 0.15) is 0 Å². The average molecular weight is 148 g/mol. The van der Waals surface area contributed by atoms with Gasteiger partial charge in [0.2, 0.25) is 0 Å². The quantitative estimate of drug-likeness (QED) is 0.584. The van der Waals surface area contributed by atoms with Gasteiger partial charge in [-0.3, -0.25) is 0 Å². The summed E-state index contributed by atoms with van der Waals surface area (Å²) in [6.07, 6.45) is -1.63. The van der Waals surface area contributed by atoms with Crippen LogP contribution in [-0.2, 0) is 4.79 Å². The molecular formula is C4H9CaFO2. The van der Waals surface area contributed by atoms with Crippen molar-refractivity contribution in [3.8, 4) is 0 Å². The first-order chi connectivity index (χ1) is 3.18. The number of hydrogen-bond acceptors (Lipinski definition) is 1. The zero-order valence-corrected chi connectivity index (χ0v) is 6.93. The van der Waals surface area contributed by atoms with E-state index in [2.05, 4.69) is 0 Å². The Labute approximate surface area is 80.0 Å². The third-order valence-corrected chi connectivity index (χ3v) is 0.626. The van der Waals surface area contributed by atoms with E-state index < -0.39 is 12.1 Å². The van der Waals surface area contributed by atoms with E-state index in [4.69, 9.17) is 5.11 Å². The first kappa shape index (κ1) is 11.5. The van der Waals surface area contributed by atoms with E-state index in [1.165, 1.54) is 6.92 Å². The molecule has 2 nitrogen and oxygen atoms in total. The summed E-state index contributed by atoms with van der Waals surface area (Å²) >= 11 is 0. The fourth-order valence-corrected chi connectivity index (χ4v) is 0.175. The molecule has 0 aromatic rings. The molecule has 0 bridgehead atoms. The van der Waals surface area contributed by atoms with Gasteiger partial charge in [-0.15, -0.1) is 0 Å². The van der Waals surface area contributed by atoms with E-state index >= 15 is 0 Å². The van der Waals surface area contributed by atoms with Crippen LogP contribution in [0.25, 0.3) is 0 Å². The first-order valence-corrected chi connectivity index (χ1v) is 2.05. The molecule has 4 heteroatoms. The fraction of sp³-hybridized carbons (Fsp3) is 0.750. The van der Waals surface area contributed by atoms with Crippen molar-refractivity contribution in [2.24, 2.45) is 0 Å². The molecule has 1 atom stereocenters. The van der Waals surface area contributed by atoms with Crippen molar-refractivity contribution in [2.45, 2.75) is 19.5 Å². The number of halogens is 1. The Morgan fingerprint density at radius 2 is 2.38 bits per heavy atom. The summed E-state index contributed by atoms with van der Waals surface area (Å²) in [7, 11) is 0. The van der Waals surface area contributed by atoms with E-state index in [1.807, 2.05) is 0 Å². The van der Waals surface area contributed by atoms with Gasteiger partial charge in [-0.1, -0.05) is 6.92 Å². The van der Waals surface area contributed by atoms with Crippen molar-refractivity contribution in [1.82, 2.24) is 0 Å². The fourth-order valence-electron chi connectivity index (χ4n) is 0.175. The van der Waals surface area contributed by atoms with E-state index in [1.54, 1.807) is 0 Å². The minimum Gasteiger partial charge on any atom is -1.00 e. The Kier molecular flexibility index (Phi) is 8.29. The first-order valence-electron chi connectivity index (χ1n) is 2.05. The summed E-state index contributed by atoms with van der Waals surface area (Å²) in [5.41, 5.74) is 0. The second-order valence-corrected chi connectivity index (χ2v) is 1.21. The molecule has 0 aliphatic heterocycles. The van der Waals surface area contributed by atoms with Gasteiger partial charge in [-0.05, 0) is 6.42 Å². The summed E-state index contributed by atoms with van der Waals surface area (Å²) in [5.74, 6) is -1.37. The molecule has 0 aliphatic rings. The van der Waals surface area contributed by atoms with Crippen LogP contribution in [0.4, 0.5) is 4.39 Å². The van der Waals surface area contributed by atoms with Gasteiger partial charge in [0.15, 0.2) is 6.17 Å². The number of carboxylic acid groups (broad SMARTS) is 1. The van der Waals surface area contributed by atoms with Crippen molar-refractivity contribution in [2.75, 3.05) is 0 Å². The number of rotatable bonds is 2. The van der Waals surface area contributed by atoms with Crippen LogP contribution >= 0.6 is 0 Å². The molecule has 0 fully saturated rings. The third kappa shape index (κ3) is 4.81. The molecule has 8 heavy (non-hydrogen) atoms. The molecule has 0 radical (unpaired) electrons. The van der Waals surface area contributed by atoms with Crippen LogP contribution in [0.2, 0.25) is 0 Å². The molecule has 1 unspecified atom stereocenters. The van der Waals surface area contributed by atoms with Crippen LogP contribution in [0, 0.1) is 0 Å². The Morgan fingerprint density at radius 1 is 2.00 bits per heavy atom. The Balaban J connectivity index is -0.0000000600. The zero-order chi connectivity index (χ0) is 5.86. The van der Waals surface area contributed by atoms with Crippen molar-refractivity contribution < 1.29 is 17.1 Å². The molecule has 0 rings (SSSR count). The molecule has 0 aliphatic carbocycles. The van der Waals surface area contributed by atoms with Gasteiger partial charge in [0.05, 0.1) is 0 Å². The number of aliphatic carboxylic acids is 1. The summed E-state index contributed by atoms with van der Waals surface area (Å²) in [4.78, 5) is 9.56. The normalized spacial score (nSPS) is 11.8. The van der Waals surface area contributed by atoms with Crippen LogP contribution in [0.3, 0.4) is 0 Å². The van der Waals surface area contributed by atoms with E-state index in [-0.39, 0.29) is 47.0 Å².